The first-order valence-electron chi connectivity index (χ1n) is 9.59. The molecule has 8 nitrogen and oxygen atoms in total. The minimum Gasteiger partial charge on any atom is -0.378 e. The predicted octanol–water partition coefficient (Wildman–Crippen LogP) is 2.10. The van der Waals surface area contributed by atoms with Gasteiger partial charge in [0.2, 0.25) is 17.8 Å². The van der Waals surface area contributed by atoms with Gasteiger partial charge >= 0.3 is 0 Å². The van der Waals surface area contributed by atoms with Gasteiger partial charge in [-0.1, -0.05) is 19.1 Å². The first kappa shape index (κ1) is 17.9. The zero-order valence-electron chi connectivity index (χ0n) is 15.7. The molecular weight excluding hydrogens is 344 g/mol. The Morgan fingerprint density at radius 1 is 0.852 bits per heavy atom. The molecule has 2 saturated heterocycles. The first-order chi connectivity index (χ1) is 13.3. The van der Waals surface area contributed by atoms with Gasteiger partial charge in [0.15, 0.2) is 0 Å². The highest BCUT2D eigenvalue weighted by molar-refractivity contribution is 5.56. The van der Waals surface area contributed by atoms with Gasteiger partial charge in [-0.2, -0.15) is 15.0 Å². The molecule has 0 saturated carbocycles. The van der Waals surface area contributed by atoms with Crippen LogP contribution in [0.2, 0.25) is 0 Å². The van der Waals surface area contributed by atoms with Crippen LogP contribution in [-0.4, -0.2) is 67.6 Å². The van der Waals surface area contributed by atoms with Gasteiger partial charge in [-0.05, 0) is 24.1 Å². The van der Waals surface area contributed by atoms with Crippen LogP contribution in [0.25, 0.3) is 0 Å². The van der Waals surface area contributed by atoms with E-state index in [0.29, 0.717) is 44.3 Å². The van der Waals surface area contributed by atoms with Gasteiger partial charge in [0.1, 0.15) is 0 Å². The van der Waals surface area contributed by atoms with Crippen molar-refractivity contribution in [3.8, 4) is 0 Å². The summed E-state index contributed by atoms with van der Waals surface area (Å²) in [6, 6.07) is 8.36. The van der Waals surface area contributed by atoms with Crippen molar-refractivity contribution >= 4 is 23.5 Å². The zero-order valence-corrected chi connectivity index (χ0v) is 15.7. The van der Waals surface area contributed by atoms with E-state index in [1.807, 2.05) is 0 Å². The maximum absolute atomic E-state index is 5.46. The number of hydrogen-bond acceptors (Lipinski definition) is 8. The lowest BCUT2D eigenvalue weighted by Gasteiger charge is -2.30. The lowest BCUT2D eigenvalue weighted by atomic mass is 10.1. The third kappa shape index (κ3) is 4.45. The number of hydrogen-bond donors (Lipinski definition) is 1. The molecule has 1 N–H and O–H groups in total. The molecule has 0 unspecified atom stereocenters. The second kappa shape index (κ2) is 8.49. The van der Waals surface area contributed by atoms with Crippen molar-refractivity contribution in [3.05, 3.63) is 29.8 Å². The van der Waals surface area contributed by atoms with Crippen molar-refractivity contribution in [2.45, 2.75) is 13.3 Å². The topological polar surface area (TPSA) is 75.6 Å². The van der Waals surface area contributed by atoms with Crippen LogP contribution >= 0.6 is 0 Å². The molecule has 2 aromatic rings. The van der Waals surface area contributed by atoms with E-state index in [2.05, 4.69) is 56.3 Å². The maximum Gasteiger partial charge on any atom is 0.233 e. The molecule has 0 aliphatic carbocycles. The smallest absolute Gasteiger partial charge is 0.233 e. The van der Waals surface area contributed by atoms with Gasteiger partial charge in [0.25, 0.3) is 0 Å². The molecule has 4 rings (SSSR count). The molecule has 0 bridgehead atoms. The highest BCUT2D eigenvalue weighted by Gasteiger charge is 2.20. The number of nitrogens with one attached hydrogen (secondary N) is 1. The molecule has 0 spiro atoms. The highest BCUT2D eigenvalue weighted by atomic mass is 16.5. The van der Waals surface area contributed by atoms with Crippen molar-refractivity contribution in [2.24, 2.45) is 0 Å². The minimum absolute atomic E-state index is 0. The lowest BCUT2D eigenvalue weighted by Crippen LogP contribution is -2.40. The number of aromatic nitrogens is 3. The summed E-state index contributed by atoms with van der Waals surface area (Å²) in [4.78, 5) is 18.4. The van der Waals surface area contributed by atoms with Crippen molar-refractivity contribution in [1.82, 2.24) is 15.0 Å². The third-order valence-electron chi connectivity index (χ3n) is 4.82. The van der Waals surface area contributed by atoms with E-state index in [0.717, 1.165) is 38.3 Å². The van der Waals surface area contributed by atoms with Crippen molar-refractivity contribution in [1.29, 1.82) is 0 Å². The van der Waals surface area contributed by atoms with Gasteiger partial charge in [0, 0.05) is 33.3 Å². The van der Waals surface area contributed by atoms with Crippen molar-refractivity contribution in [3.63, 3.8) is 0 Å². The Morgan fingerprint density at radius 3 is 1.85 bits per heavy atom. The van der Waals surface area contributed by atoms with E-state index in [1.165, 1.54) is 5.56 Å². The van der Waals surface area contributed by atoms with Crippen LogP contribution in [0.3, 0.4) is 0 Å². The van der Waals surface area contributed by atoms with Gasteiger partial charge < -0.3 is 24.6 Å². The van der Waals surface area contributed by atoms with Gasteiger partial charge in [-0.3, -0.25) is 0 Å². The SMILES string of the molecule is CCc1ccc(Nc2nc(N3CCOCC3)nc(N3CCOCC3)n2)cc1.[HH]. The van der Waals surface area contributed by atoms with Gasteiger partial charge in [-0.15, -0.1) is 0 Å². The minimum atomic E-state index is 0. The van der Waals surface area contributed by atoms with Crippen LogP contribution in [-0.2, 0) is 15.9 Å². The average molecular weight is 372 g/mol. The Morgan fingerprint density at radius 2 is 1.37 bits per heavy atom. The fourth-order valence-electron chi connectivity index (χ4n) is 3.17. The standard InChI is InChI=1S/C19H26N6O2.H2/c1-2-15-3-5-16(6-4-15)20-17-21-18(24-7-11-26-12-8-24)23-19(22-17)25-9-13-27-14-10-25;/h3-6H,2,7-14H2,1H3,(H,20,21,22,23);1H. The fraction of sp³-hybridized carbons (Fsp3) is 0.526. The number of nitrogens with zero attached hydrogens (tertiary/aromatic N) is 5. The number of morpholine rings is 2. The van der Waals surface area contributed by atoms with Crippen LogP contribution in [0.1, 0.15) is 13.9 Å². The van der Waals surface area contributed by atoms with E-state index < -0.39 is 0 Å². The molecule has 0 radical (unpaired) electrons. The summed E-state index contributed by atoms with van der Waals surface area (Å²) in [7, 11) is 0. The first-order valence-corrected chi connectivity index (χ1v) is 9.59. The normalized spacial score (nSPS) is 17.8. The number of anilines is 4. The summed E-state index contributed by atoms with van der Waals surface area (Å²) < 4.78 is 10.9. The van der Waals surface area contributed by atoms with E-state index in [4.69, 9.17) is 14.5 Å². The number of benzene rings is 1. The van der Waals surface area contributed by atoms with E-state index in [1.54, 1.807) is 0 Å². The largest absolute Gasteiger partial charge is 0.378 e. The summed E-state index contributed by atoms with van der Waals surface area (Å²) >= 11 is 0. The highest BCUT2D eigenvalue weighted by Crippen LogP contribution is 2.21. The molecule has 3 heterocycles. The summed E-state index contributed by atoms with van der Waals surface area (Å²) in [6.45, 7) is 8.08. The molecule has 2 aliphatic rings. The Balaban J connectivity index is 0.00000225. The summed E-state index contributed by atoms with van der Waals surface area (Å²) in [5, 5.41) is 3.34. The molecule has 27 heavy (non-hydrogen) atoms. The maximum atomic E-state index is 5.46. The molecule has 2 aliphatic heterocycles. The predicted molar refractivity (Wildman–Crippen MR) is 107 cm³/mol. The van der Waals surface area contributed by atoms with E-state index in [9.17, 15) is 0 Å². The average Bonchev–Trinajstić information content (AvgIpc) is 2.75. The molecule has 1 aromatic carbocycles. The van der Waals surface area contributed by atoms with Crippen LogP contribution < -0.4 is 15.1 Å². The monoisotopic (exact) mass is 372 g/mol. The number of ether oxygens (including phenoxy) is 2. The second-order valence-electron chi connectivity index (χ2n) is 6.63. The molecule has 2 fully saturated rings. The molecule has 1 aromatic heterocycles. The van der Waals surface area contributed by atoms with Crippen LogP contribution in [0.5, 0.6) is 0 Å². The van der Waals surface area contributed by atoms with Crippen LogP contribution in [0, 0.1) is 0 Å². The Bertz CT molecular complexity index is 712. The lowest BCUT2D eigenvalue weighted by molar-refractivity contribution is 0.121. The van der Waals surface area contributed by atoms with Gasteiger partial charge in [-0.25, -0.2) is 0 Å². The molecule has 8 heteroatoms. The van der Waals surface area contributed by atoms with E-state index >= 15 is 0 Å². The molecular formula is C19H28N6O2. The molecule has 0 amide bonds. The third-order valence-corrected chi connectivity index (χ3v) is 4.82. The number of rotatable bonds is 5. The zero-order chi connectivity index (χ0) is 18.5. The molecule has 0 atom stereocenters. The Labute approximate surface area is 161 Å². The van der Waals surface area contributed by atoms with Crippen LogP contribution in [0.15, 0.2) is 24.3 Å². The quantitative estimate of drug-likeness (QED) is 0.855. The van der Waals surface area contributed by atoms with Crippen molar-refractivity contribution in [2.75, 3.05) is 67.7 Å². The van der Waals surface area contributed by atoms with E-state index in [-0.39, 0.29) is 1.43 Å². The summed E-state index contributed by atoms with van der Waals surface area (Å²) in [5.41, 5.74) is 2.28. The van der Waals surface area contributed by atoms with Crippen LogP contribution in [0.4, 0.5) is 23.5 Å². The molecule has 146 valence electrons. The number of aryl methyl sites for hydroxylation is 1. The van der Waals surface area contributed by atoms with Gasteiger partial charge in [0.05, 0.1) is 26.4 Å². The summed E-state index contributed by atoms with van der Waals surface area (Å²) in [5.74, 6) is 1.96. The second-order valence-corrected chi connectivity index (χ2v) is 6.63. The fourth-order valence-corrected chi connectivity index (χ4v) is 3.17. The summed E-state index contributed by atoms with van der Waals surface area (Å²) in [6.07, 6.45) is 1.02. The Hall–Kier alpha value is -2.45. The van der Waals surface area contributed by atoms with Crippen molar-refractivity contribution < 1.29 is 10.9 Å². The Kier molecular flexibility index (Phi) is 5.64.